The summed E-state index contributed by atoms with van der Waals surface area (Å²) in [6.45, 7) is 1.95. The SMILES string of the molecule is COc1cccc([C@@H](C)NC(=O)c2ccccc2Br)c1. The molecule has 0 saturated carbocycles. The van der Waals surface area contributed by atoms with E-state index in [1.165, 1.54) is 0 Å². The Balaban J connectivity index is 2.13. The summed E-state index contributed by atoms with van der Waals surface area (Å²) >= 11 is 3.39. The summed E-state index contributed by atoms with van der Waals surface area (Å²) in [6.07, 6.45) is 0. The van der Waals surface area contributed by atoms with E-state index in [-0.39, 0.29) is 11.9 Å². The Kier molecular flexibility index (Phi) is 4.79. The van der Waals surface area contributed by atoms with Crippen molar-refractivity contribution < 1.29 is 9.53 Å². The highest BCUT2D eigenvalue weighted by Gasteiger charge is 2.13. The van der Waals surface area contributed by atoms with Gasteiger partial charge in [0.05, 0.1) is 18.7 Å². The van der Waals surface area contributed by atoms with Gasteiger partial charge in [0, 0.05) is 4.47 Å². The number of carbonyl (C=O) groups is 1. The number of rotatable bonds is 4. The molecular weight excluding hydrogens is 318 g/mol. The van der Waals surface area contributed by atoms with E-state index in [2.05, 4.69) is 21.2 Å². The van der Waals surface area contributed by atoms with Gasteiger partial charge in [0.15, 0.2) is 0 Å². The molecule has 20 heavy (non-hydrogen) atoms. The number of amides is 1. The van der Waals surface area contributed by atoms with Crippen LogP contribution in [0.4, 0.5) is 0 Å². The molecule has 104 valence electrons. The highest BCUT2D eigenvalue weighted by molar-refractivity contribution is 9.10. The van der Waals surface area contributed by atoms with Crippen molar-refractivity contribution in [1.29, 1.82) is 0 Å². The molecule has 1 amide bonds. The van der Waals surface area contributed by atoms with Crippen molar-refractivity contribution in [3.63, 3.8) is 0 Å². The first-order valence-electron chi connectivity index (χ1n) is 6.31. The highest BCUT2D eigenvalue weighted by atomic mass is 79.9. The van der Waals surface area contributed by atoms with Crippen molar-refractivity contribution in [2.45, 2.75) is 13.0 Å². The lowest BCUT2D eigenvalue weighted by atomic mass is 10.1. The van der Waals surface area contributed by atoms with E-state index >= 15 is 0 Å². The zero-order chi connectivity index (χ0) is 14.5. The number of hydrogen-bond acceptors (Lipinski definition) is 2. The molecular formula is C16H16BrNO2. The van der Waals surface area contributed by atoms with E-state index in [1.807, 2.05) is 49.4 Å². The van der Waals surface area contributed by atoms with Crippen molar-refractivity contribution in [2.75, 3.05) is 7.11 Å². The average Bonchev–Trinajstić information content (AvgIpc) is 2.47. The van der Waals surface area contributed by atoms with Gasteiger partial charge in [-0.3, -0.25) is 4.79 Å². The predicted octanol–water partition coefficient (Wildman–Crippen LogP) is 3.95. The Morgan fingerprint density at radius 1 is 1.20 bits per heavy atom. The fourth-order valence-corrected chi connectivity index (χ4v) is 2.38. The van der Waals surface area contributed by atoms with E-state index in [0.29, 0.717) is 5.56 Å². The van der Waals surface area contributed by atoms with Crippen LogP contribution in [-0.4, -0.2) is 13.0 Å². The number of halogens is 1. The average molecular weight is 334 g/mol. The first kappa shape index (κ1) is 14.6. The molecule has 0 aromatic heterocycles. The molecule has 0 aliphatic carbocycles. The van der Waals surface area contributed by atoms with Gasteiger partial charge in [0.25, 0.3) is 5.91 Å². The van der Waals surface area contributed by atoms with Crippen molar-refractivity contribution in [3.05, 3.63) is 64.1 Å². The van der Waals surface area contributed by atoms with E-state index in [4.69, 9.17) is 4.74 Å². The van der Waals surface area contributed by atoms with Crippen molar-refractivity contribution >= 4 is 21.8 Å². The van der Waals surface area contributed by atoms with Gasteiger partial charge in [-0.2, -0.15) is 0 Å². The summed E-state index contributed by atoms with van der Waals surface area (Å²) in [6, 6.07) is 15.0. The number of methoxy groups -OCH3 is 1. The van der Waals surface area contributed by atoms with Crippen LogP contribution < -0.4 is 10.1 Å². The minimum Gasteiger partial charge on any atom is -0.497 e. The first-order chi connectivity index (χ1) is 9.61. The molecule has 3 nitrogen and oxygen atoms in total. The molecule has 0 unspecified atom stereocenters. The molecule has 0 aliphatic rings. The number of carbonyl (C=O) groups excluding carboxylic acids is 1. The fraction of sp³-hybridized carbons (Fsp3) is 0.188. The summed E-state index contributed by atoms with van der Waals surface area (Å²) in [5.41, 5.74) is 1.63. The van der Waals surface area contributed by atoms with Gasteiger partial charge in [0.2, 0.25) is 0 Å². The third-order valence-corrected chi connectivity index (χ3v) is 3.75. The molecule has 1 atom stereocenters. The maximum absolute atomic E-state index is 12.2. The van der Waals surface area contributed by atoms with E-state index < -0.39 is 0 Å². The van der Waals surface area contributed by atoms with Crippen LogP contribution in [0.3, 0.4) is 0 Å². The van der Waals surface area contributed by atoms with Crippen LogP contribution in [-0.2, 0) is 0 Å². The molecule has 0 spiro atoms. The van der Waals surface area contributed by atoms with Crippen LogP contribution in [0, 0.1) is 0 Å². The number of nitrogens with one attached hydrogen (secondary N) is 1. The number of hydrogen-bond donors (Lipinski definition) is 1. The van der Waals surface area contributed by atoms with Crippen LogP contribution in [0.1, 0.15) is 28.9 Å². The summed E-state index contributed by atoms with van der Waals surface area (Å²) < 4.78 is 5.98. The minimum atomic E-state index is -0.104. The van der Waals surface area contributed by atoms with Crippen LogP contribution in [0.15, 0.2) is 53.0 Å². The maximum atomic E-state index is 12.2. The molecule has 0 fully saturated rings. The summed E-state index contributed by atoms with van der Waals surface area (Å²) in [5.74, 6) is 0.678. The van der Waals surface area contributed by atoms with Gasteiger partial charge >= 0.3 is 0 Å². The number of ether oxygens (including phenoxy) is 1. The summed E-state index contributed by atoms with van der Waals surface area (Å²) in [5, 5.41) is 2.98. The highest BCUT2D eigenvalue weighted by Crippen LogP contribution is 2.21. The molecule has 2 aromatic carbocycles. The zero-order valence-electron chi connectivity index (χ0n) is 11.4. The molecule has 0 saturated heterocycles. The quantitative estimate of drug-likeness (QED) is 0.919. The Morgan fingerprint density at radius 3 is 2.65 bits per heavy atom. The third kappa shape index (κ3) is 3.39. The standard InChI is InChI=1S/C16H16BrNO2/c1-11(12-6-5-7-13(10-12)20-2)18-16(19)14-8-3-4-9-15(14)17/h3-11H,1-2H3,(H,18,19)/t11-/m1/s1. The molecule has 0 heterocycles. The van der Waals surface area contributed by atoms with Crippen molar-refractivity contribution in [3.8, 4) is 5.75 Å². The van der Waals surface area contributed by atoms with Gasteiger partial charge in [-0.05, 0) is 52.7 Å². The molecule has 1 N–H and O–H groups in total. The predicted molar refractivity (Wildman–Crippen MR) is 83.0 cm³/mol. The normalized spacial score (nSPS) is 11.8. The Bertz CT molecular complexity index is 613. The smallest absolute Gasteiger partial charge is 0.252 e. The maximum Gasteiger partial charge on any atom is 0.252 e. The molecule has 0 aliphatic heterocycles. The van der Waals surface area contributed by atoms with E-state index in [9.17, 15) is 4.79 Å². The van der Waals surface area contributed by atoms with Crippen LogP contribution in [0.2, 0.25) is 0 Å². The second-order valence-electron chi connectivity index (χ2n) is 4.45. The molecule has 0 bridgehead atoms. The summed E-state index contributed by atoms with van der Waals surface area (Å²) in [7, 11) is 1.63. The lowest BCUT2D eigenvalue weighted by molar-refractivity contribution is 0.0939. The lowest BCUT2D eigenvalue weighted by Gasteiger charge is -2.15. The molecule has 2 rings (SSSR count). The third-order valence-electron chi connectivity index (χ3n) is 3.06. The van der Waals surface area contributed by atoms with Gasteiger partial charge in [-0.25, -0.2) is 0 Å². The zero-order valence-corrected chi connectivity index (χ0v) is 13.0. The Morgan fingerprint density at radius 2 is 1.95 bits per heavy atom. The van der Waals surface area contributed by atoms with Gasteiger partial charge in [0.1, 0.15) is 5.75 Å². The van der Waals surface area contributed by atoms with Gasteiger partial charge < -0.3 is 10.1 Å². The second kappa shape index (κ2) is 6.57. The minimum absolute atomic E-state index is 0.0929. The second-order valence-corrected chi connectivity index (χ2v) is 5.31. The van der Waals surface area contributed by atoms with E-state index in [0.717, 1.165) is 15.8 Å². The first-order valence-corrected chi connectivity index (χ1v) is 7.10. The molecule has 0 radical (unpaired) electrons. The van der Waals surface area contributed by atoms with Crippen LogP contribution in [0.5, 0.6) is 5.75 Å². The lowest BCUT2D eigenvalue weighted by Crippen LogP contribution is -2.26. The Labute approximate surface area is 127 Å². The summed E-state index contributed by atoms with van der Waals surface area (Å²) in [4.78, 5) is 12.2. The molecule has 2 aromatic rings. The Hall–Kier alpha value is -1.81. The van der Waals surface area contributed by atoms with E-state index in [1.54, 1.807) is 13.2 Å². The topological polar surface area (TPSA) is 38.3 Å². The van der Waals surface area contributed by atoms with Crippen molar-refractivity contribution in [2.24, 2.45) is 0 Å². The van der Waals surface area contributed by atoms with Crippen molar-refractivity contribution in [1.82, 2.24) is 5.32 Å². The monoisotopic (exact) mass is 333 g/mol. The largest absolute Gasteiger partial charge is 0.497 e. The fourth-order valence-electron chi connectivity index (χ4n) is 1.91. The van der Waals surface area contributed by atoms with Crippen LogP contribution >= 0.6 is 15.9 Å². The van der Waals surface area contributed by atoms with Gasteiger partial charge in [-0.15, -0.1) is 0 Å². The molecule has 4 heteroatoms. The number of benzene rings is 2. The van der Waals surface area contributed by atoms with Gasteiger partial charge in [-0.1, -0.05) is 24.3 Å². The van der Waals surface area contributed by atoms with Crippen LogP contribution in [0.25, 0.3) is 0 Å².